The Bertz CT molecular complexity index is 951. The van der Waals surface area contributed by atoms with Gasteiger partial charge in [-0.1, -0.05) is 13.8 Å². The van der Waals surface area contributed by atoms with Gasteiger partial charge in [0.05, 0.1) is 31.8 Å². The predicted molar refractivity (Wildman–Crippen MR) is 139 cm³/mol. The van der Waals surface area contributed by atoms with Crippen molar-refractivity contribution in [3.63, 3.8) is 0 Å². The van der Waals surface area contributed by atoms with Gasteiger partial charge >= 0.3 is 5.97 Å². The Kier molecular flexibility index (Phi) is 10.2. The number of rotatable bonds is 13. The Hall–Kier alpha value is -2.40. The molecule has 0 radical (unpaired) electrons. The Morgan fingerprint density at radius 3 is 2.68 bits per heavy atom. The number of carbonyl (C=O) groups excluding carboxylic acids is 1. The lowest BCUT2D eigenvalue weighted by Crippen LogP contribution is -2.44. The Morgan fingerprint density at radius 1 is 1.16 bits per heavy atom. The highest BCUT2D eigenvalue weighted by atomic mass is 16.7. The first kappa shape index (κ1) is 28.6. The molecule has 4 atom stereocenters. The predicted octanol–water partition coefficient (Wildman–Crippen LogP) is 3.31. The summed E-state index contributed by atoms with van der Waals surface area (Å²) in [7, 11) is 0. The second-order valence-corrected chi connectivity index (χ2v) is 10.4. The lowest BCUT2D eigenvalue weighted by molar-refractivity contribution is -0.188. The zero-order valence-corrected chi connectivity index (χ0v) is 22.6. The van der Waals surface area contributed by atoms with Crippen LogP contribution in [0.1, 0.15) is 75.8 Å². The minimum absolute atomic E-state index is 0.0640. The molecule has 2 N–H and O–H groups in total. The maximum absolute atomic E-state index is 13.3. The molecule has 0 aliphatic carbocycles. The number of hydrogen-bond acceptors (Lipinski definition) is 8. The normalized spacial score (nSPS) is 25.0. The standard InChI is InChI=1S/C28H42N2O8/c1-3-10-30(38-11-4-2)25(32)16-29-15-22(19-13-20(17-31)27-24(14-19)36-18-37-27)26(28(33)34)23(29)9-8-21-7-5-6-12-35-21/h13-14,21-23,26,31H,3-12,15-18H2,1-2H3,(H,33,34)/t21?,22-,23+,26-/m1/s1. The molecule has 212 valence electrons. The van der Waals surface area contributed by atoms with Crippen molar-refractivity contribution in [3.8, 4) is 11.5 Å². The van der Waals surface area contributed by atoms with E-state index in [1.807, 2.05) is 30.9 Å². The summed E-state index contributed by atoms with van der Waals surface area (Å²) in [6.07, 6.45) is 6.19. The van der Waals surface area contributed by atoms with Gasteiger partial charge in [-0.3, -0.25) is 19.3 Å². The average molecular weight is 535 g/mol. The first-order valence-corrected chi connectivity index (χ1v) is 14.0. The third kappa shape index (κ3) is 6.59. The monoisotopic (exact) mass is 534 g/mol. The Balaban J connectivity index is 1.60. The SMILES string of the molecule is CCCON(CCC)C(=O)CN1C[C@H](c2cc(CO)c3c(c2)OCO3)[C@@H](C(=O)O)[C@@H]1CCC1CCCCO1. The van der Waals surface area contributed by atoms with Crippen molar-refractivity contribution in [3.05, 3.63) is 23.3 Å². The molecule has 2 saturated heterocycles. The van der Waals surface area contributed by atoms with Crippen molar-refractivity contribution in [1.29, 1.82) is 0 Å². The van der Waals surface area contributed by atoms with Gasteiger partial charge < -0.3 is 24.4 Å². The molecule has 4 rings (SSSR count). The molecule has 0 bridgehead atoms. The second kappa shape index (κ2) is 13.6. The molecule has 10 heteroatoms. The zero-order valence-electron chi connectivity index (χ0n) is 22.6. The number of benzene rings is 1. The molecule has 0 saturated carbocycles. The van der Waals surface area contributed by atoms with E-state index >= 15 is 0 Å². The number of aliphatic carboxylic acids is 1. The molecule has 3 aliphatic rings. The number of ether oxygens (including phenoxy) is 3. The number of carboxylic acid groups (broad SMARTS) is 1. The number of aliphatic hydroxyl groups excluding tert-OH is 1. The van der Waals surface area contributed by atoms with E-state index in [9.17, 15) is 19.8 Å². The lowest BCUT2D eigenvalue weighted by Gasteiger charge is -2.31. The smallest absolute Gasteiger partial charge is 0.308 e. The van der Waals surface area contributed by atoms with Gasteiger partial charge in [-0.25, -0.2) is 5.06 Å². The number of hydrogen-bond donors (Lipinski definition) is 2. The number of fused-ring (bicyclic) bond motifs is 1. The van der Waals surface area contributed by atoms with Crippen molar-refractivity contribution in [1.82, 2.24) is 9.96 Å². The average Bonchev–Trinajstić information content (AvgIpc) is 3.54. The summed E-state index contributed by atoms with van der Waals surface area (Å²) in [4.78, 5) is 33.8. The highest BCUT2D eigenvalue weighted by molar-refractivity contribution is 5.78. The summed E-state index contributed by atoms with van der Waals surface area (Å²) >= 11 is 0. The zero-order chi connectivity index (χ0) is 27.1. The molecule has 0 aromatic heterocycles. The highest BCUT2D eigenvalue weighted by Crippen LogP contribution is 2.45. The van der Waals surface area contributed by atoms with Gasteiger partial charge in [0.25, 0.3) is 5.91 Å². The van der Waals surface area contributed by atoms with Crippen molar-refractivity contribution in [2.24, 2.45) is 5.92 Å². The van der Waals surface area contributed by atoms with Crippen LogP contribution in [0.15, 0.2) is 12.1 Å². The molecule has 3 aliphatic heterocycles. The van der Waals surface area contributed by atoms with E-state index in [0.29, 0.717) is 43.2 Å². The van der Waals surface area contributed by atoms with Crippen LogP contribution in [0, 0.1) is 5.92 Å². The van der Waals surface area contributed by atoms with Crippen LogP contribution < -0.4 is 9.47 Å². The second-order valence-electron chi connectivity index (χ2n) is 10.4. The third-order valence-electron chi connectivity index (χ3n) is 7.76. The quantitative estimate of drug-likeness (QED) is 0.368. The lowest BCUT2D eigenvalue weighted by atomic mass is 9.82. The van der Waals surface area contributed by atoms with Crippen molar-refractivity contribution in [2.75, 3.05) is 39.6 Å². The molecule has 1 aromatic rings. The summed E-state index contributed by atoms with van der Waals surface area (Å²) in [5.74, 6) is -1.15. The maximum atomic E-state index is 13.3. The summed E-state index contributed by atoms with van der Waals surface area (Å²) in [6, 6.07) is 3.29. The number of likely N-dealkylation sites (tertiary alicyclic amines) is 1. The van der Waals surface area contributed by atoms with E-state index in [1.165, 1.54) is 5.06 Å². The fourth-order valence-corrected chi connectivity index (χ4v) is 5.94. The molecule has 2 fully saturated rings. The number of carboxylic acids is 1. The fraction of sp³-hybridized carbons (Fsp3) is 0.714. The van der Waals surface area contributed by atoms with Gasteiger partial charge in [-0.2, -0.15) is 0 Å². The van der Waals surface area contributed by atoms with Crippen LogP contribution in [0.5, 0.6) is 11.5 Å². The number of carbonyl (C=O) groups is 2. The van der Waals surface area contributed by atoms with Crippen LogP contribution in [0.2, 0.25) is 0 Å². The van der Waals surface area contributed by atoms with Crippen LogP contribution in [-0.2, 0) is 25.8 Å². The fourth-order valence-electron chi connectivity index (χ4n) is 5.94. The van der Waals surface area contributed by atoms with Gasteiger partial charge in [0.15, 0.2) is 11.5 Å². The van der Waals surface area contributed by atoms with E-state index < -0.39 is 11.9 Å². The van der Waals surface area contributed by atoms with Crippen LogP contribution in [0.25, 0.3) is 0 Å². The van der Waals surface area contributed by atoms with Crippen LogP contribution >= 0.6 is 0 Å². The first-order chi connectivity index (χ1) is 18.5. The molecule has 3 heterocycles. The highest BCUT2D eigenvalue weighted by Gasteiger charge is 2.47. The number of hydroxylamine groups is 2. The maximum Gasteiger partial charge on any atom is 0.308 e. The molecule has 1 amide bonds. The molecule has 0 spiro atoms. The molecular formula is C28H42N2O8. The summed E-state index contributed by atoms with van der Waals surface area (Å²) in [6.45, 7) is 5.97. The molecule has 1 aromatic carbocycles. The van der Waals surface area contributed by atoms with Crippen LogP contribution in [0.4, 0.5) is 0 Å². The largest absolute Gasteiger partial charge is 0.481 e. The van der Waals surface area contributed by atoms with Gasteiger partial charge in [0.1, 0.15) is 0 Å². The van der Waals surface area contributed by atoms with Crippen molar-refractivity contribution < 1.29 is 38.9 Å². The van der Waals surface area contributed by atoms with Gasteiger partial charge in [0.2, 0.25) is 6.79 Å². The Labute approximate surface area is 224 Å². The van der Waals surface area contributed by atoms with Gasteiger partial charge in [-0.05, 0) is 62.6 Å². The summed E-state index contributed by atoms with van der Waals surface area (Å²) in [5, 5.41) is 21.8. The van der Waals surface area contributed by atoms with E-state index in [2.05, 4.69) is 0 Å². The third-order valence-corrected chi connectivity index (χ3v) is 7.76. The molecule has 1 unspecified atom stereocenters. The minimum atomic E-state index is -0.893. The first-order valence-electron chi connectivity index (χ1n) is 14.0. The summed E-state index contributed by atoms with van der Waals surface area (Å²) < 4.78 is 17.0. The minimum Gasteiger partial charge on any atom is -0.481 e. The van der Waals surface area contributed by atoms with Crippen LogP contribution in [-0.4, -0.2) is 83.8 Å². The molecule has 10 nitrogen and oxygen atoms in total. The van der Waals surface area contributed by atoms with Crippen molar-refractivity contribution in [2.45, 2.75) is 83.5 Å². The molecular weight excluding hydrogens is 492 g/mol. The van der Waals surface area contributed by atoms with Gasteiger partial charge in [0, 0.05) is 37.2 Å². The van der Waals surface area contributed by atoms with Crippen molar-refractivity contribution >= 4 is 11.9 Å². The molecule has 38 heavy (non-hydrogen) atoms. The van der Waals surface area contributed by atoms with E-state index in [0.717, 1.165) is 50.7 Å². The van der Waals surface area contributed by atoms with Crippen LogP contribution in [0.3, 0.4) is 0 Å². The van der Waals surface area contributed by atoms with E-state index in [-0.39, 0.29) is 43.9 Å². The number of amides is 1. The Morgan fingerprint density at radius 2 is 2.00 bits per heavy atom. The topological polar surface area (TPSA) is 118 Å². The summed E-state index contributed by atoms with van der Waals surface area (Å²) in [5.41, 5.74) is 1.34. The number of nitrogens with zero attached hydrogens (tertiary/aromatic N) is 2. The van der Waals surface area contributed by atoms with E-state index in [4.69, 9.17) is 19.0 Å². The van der Waals surface area contributed by atoms with E-state index in [1.54, 1.807) is 0 Å². The number of aliphatic hydroxyl groups is 1. The van der Waals surface area contributed by atoms with Gasteiger partial charge in [-0.15, -0.1) is 0 Å².